The van der Waals surface area contributed by atoms with Crippen LogP contribution in [0.3, 0.4) is 0 Å². The van der Waals surface area contributed by atoms with Crippen molar-refractivity contribution in [1.29, 1.82) is 0 Å². The molecule has 2 heteroatoms. The molecular weight excluding hydrogens is 294 g/mol. The summed E-state index contributed by atoms with van der Waals surface area (Å²) in [5, 5.41) is 12.9. The second-order valence-electron chi connectivity index (χ2n) is 6.82. The maximum atomic E-state index is 9.18. The molecule has 2 rings (SSSR count). The number of nitrogens with one attached hydrogen (secondary N) is 1. The van der Waals surface area contributed by atoms with Crippen molar-refractivity contribution >= 4 is 0 Å². The van der Waals surface area contributed by atoms with Crippen LogP contribution in [0.4, 0.5) is 0 Å². The number of aliphatic hydroxyl groups excluding tert-OH is 1. The van der Waals surface area contributed by atoms with Gasteiger partial charge in [0, 0.05) is 6.61 Å². The lowest BCUT2D eigenvalue weighted by Gasteiger charge is -2.36. The number of rotatable bonds is 8. The maximum absolute atomic E-state index is 9.18. The minimum Gasteiger partial charge on any atom is -0.396 e. The van der Waals surface area contributed by atoms with Crippen molar-refractivity contribution < 1.29 is 5.11 Å². The quantitative estimate of drug-likeness (QED) is 0.734. The summed E-state index contributed by atoms with van der Waals surface area (Å²) in [6.45, 7) is 10.1. The third kappa shape index (κ3) is 3.88. The van der Waals surface area contributed by atoms with E-state index in [-0.39, 0.29) is 12.1 Å². The van der Waals surface area contributed by atoms with Gasteiger partial charge >= 0.3 is 0 Å². The predicted octanol–water partition coefficient (Wildman–Crippen LogP) is 4.74. The topological polar surface area (TPSA) is 32.3 Å². The molecular formula is C22H31NO. The predicted molar refractivity (Wildman–Crippen MR) is 102 cm³/mol. The van der Waals surface area contributed by atoms with Gasteiger partial charge in [-0.05, 0) is 61.4 Å². The Morgan fingerprint density at radius 3 is 2.29 bits per heavy atom. The molecule has 130 valence electrons. The highest BCUT2D eigenvalue weighted by molar-refractivity contribution is 5.46. The number of aliphatic hydroxyl groups is 1. The van der Waals surface area contributed by atoms with E-state index in [4.69, 9.17) is 0 Å². The highest BCUT2D eigenvalue weighted by atomic mass is 16.2. The molecule has 0 heterocycles. The molecule has 0 aliphatic carbocycles. The molecule has 0 saturated carbocycles. The van der Waals surface area contributed by atoms with Gasteiger partial charge in [-0.2, -0.15) is 0 Å². The number of hydrogen-bond donors (Lipinski definition) is 2. The van der Waals surface area contributed by atoms with Crippen LogP contribution in [0.1, 0.15) is 61.8 Å². The van der Waals surface area contributed by atoms with Crippen LogP contribution in [0.25, 0.3) is 0 Å². The Labute approximate surface area is 146 Å². The van der Waals surface area contributed by atoms with E-state index < -0.39 is 0 Å². The van der Waals surface area contributed by atoms with Gasteiger partial charge in [0.2, 0.25) is 0 Å². The van der Waals surface area contributed by atoms with Crippen LogP contribution in [-0.4, -0.2) is 18.3 Å². The van der Waals surface area contributed by atoms with Gasteiger partial charge in [-0.1, -0.05) is 62.4 Å². The SMILES string of the molecule is CCN[C@](C)(c1ccccc1C)c1ccccc1[C@H](C)CCCO. The summed E-state index contributed by atoms with van der Waals surface area (Å²) in [6.07, 6.45) is 1.85. The molecule has 0 radical (unpaired) electrons. The van der Waals surface area contributed by atoms with Crippen molar-refractivity contribution in [3.8, 4) is 0 Å². The van der Waals surface area contributed by atoms with Gasteiger partial charge in [-0.3, -0.25) is 0 Å². The molecule has 0 fully saturated rings. The molecule has 0 unspecified atom stereocenters. The average molecular weight is 325 g/mol. The Bertz CT molecular complexity index is 652. The normalized spacial score (nSPS) is 15.0. The largest absolute Gasteiger partial charge is 0.396 e. The molecule has 0 bridgehead atoms. The summed E-state index contributed by atoms with van der Waals surface area (Å²) >= 11 is 0. The van der Waals surface area contributed by atoms with E-state index in [2.05, 4.69) is 81.5 Å². The van der Waals surface area contributed by atoms with E-state index in [0.29, 0.717) is 5.92 Å². The number of benzene rings is 2. The number of aryl methyl sites for hydroxylation is 1. The standard InChI is InChI=1S/C22H31NO/c1-5-23-22(4,20-14-8-6-11-18(20)3)21-15-9-7-13-19(21)17(2)12-10-16-24/h6-9,11,13-15,17,23-24H,5,10,12,16H2,1-4H3/t17-,22-/m1/s1. The Morgan fingerprint density at radius 1 is 1.04 bits per heavy atom. The molecule has 0 aromatic heterocycles. The van der Waals surface area contributed by atoms with Crippen molar-refractivity contribution in [2.45, 2.75) is 52.0 Å². The highest BCUT2D eigenvalue weighted by Crippen LogP contribution is 2.37. The minimum absolute atomic E-state index is 0.218. The number of hydrogen-bond acceptors (Lipinski definition) is 2. The summed E-state index contributed by atoms with van der Waals surface area (Å²) in [6, 6.07) is 17.4. The van der Waals surface area contributed by atoms with Crippen LogP contribution in [-0.2, 0) is 5.54 Å². The lowest BCUT2D eigenvalue weighted by molar-refractivity contribution is 0.280. The van der Waals surface area contributed by atoms with Crippen LogP contribution >= 0.6 is 0 Å². The zero-order chi connectivity index (χ0) is 17.6. The fraction of sp³-hybridized carbons (Fsp3) is 0.455. The van der Waals surface area contributed by atoms with Gasteiger partial charge in [-0.25, -0.2) is 0 Å². The van der Waals surface area contributed by atoms with Gasteiger partial charge < -0.3 is 10.4 Å². The van der Waals surface area contributed by atoms with Crippen molar-refractivity contribution in [2.75, 3.05) is 13.2 Å². The Kier molecular flexibility index (Phi) is 6.59. The molecule has 0 aliphatic rings. The van der Waals surface area contributed by atoms with E-state index >= 15 is 0 Å². The van der Waals surface area contributed by atoms with Crippen LogP contribution in [0.5, 0.6) is 0 Å². The van der Waals surface area contributed by atoms with Crippen LogP contribution in [0, 0.1) is 6.92 Å². The fourth-order valence-electron chi connectivity index (χ4n) is 3.76. The molecule has 24 heavy (non-hydrogen) atoms. The fourth-order valence-corrected chi connectivity index (χ4v) is 3.76. The van der Waals surface area contributed by atoms with E-state index in [1.165, 1.54) is 22.3 Å². The third-order valence-electron chi connectivity index (χ3n) is 5.04. The maximum Gasteiger partial charge on any atom is 0.0667 e. The lowest BCUT2D eigenvalue weighted by Crippen LogP contribution is -2.42. The first-order valence-corrected chi connectivity index (χ1v) is 9.06. The van der Waals surface area contributed by atoms with Gasteiger partial charge in [0.1, 0.15) is 0 Å². The van der Waals surface area contributed by atoms with Gasteiger partial charge in [0.15, 0.2) is 0 Å². The summed E-state index contributed by atoms with van der Waals surface area (Å²) in [5.41, 5.74) is 5.13. The summed E-state index contributed by atoms with van der Waals surface area (Å²) < 4.78 is 0. The first-order chi connectivity index (χ1) is 11.5. The summed E-state index contributed by atoms with van der Waals surface area (Å²) in [4.78, 5) is 0. The molecule has 2 aromatic rings. The van der Waals surface area contributed by atoms with E-state index in [0.717, 1.165) is 19.4 Å². The van der Waals surface area contributed by atoms with Gasteiger partial charge in [0.25, 0.3) is 0 Å². The molecule has 2 atom stereocenters. The Morgan fingerprint density at radius 2 is 1.67 bits per heavy atom. The van der Waals surface area contributed by atoms with Crippen LogP contribution in [0.15, 0.2) is 48.5 Å². The monoisotopic (exact) mass is 325 g/mol. The summed E-state index contributed by atoms with van der Waals surface area (Å²) in [7, 11) is 0. The minimum atomic E-state index is -0.218. The second kappa shape index (κ2) is 8.46. The molecule has 2 nitrogen and oxygen atoms in total. The molecule has 0 saturated heterocycles. The Hall–Kier alpha value is -1.64. The first kappa shape index (κ1) is 18.7. The average Bonchev–Trinajstić information content (AvgIpc) is 2.60. The molecule has 0 spiro atoms. The molecule has 0 amide bonds. The smallest absolute Gasteiger partial charge is 0.0667 e. The Balaban J connectivity index is 2.55. The molecule has 2 aromatic carbocycles. The van der Waals surface area contributed by atoms with Gasteiger partial charge in [-0.15, -0.1) is 0 Å². The van der Waals surface area contributed by atoms with Crippen LogP contribution < -0.4 is 5.32 Å². The third-order valence-corrected chi connectivity index (χ3v) is 5.04. The summed E-state index contributed by atoms with van der Waals surface area (Å²) in [5.74, 6) is 0.426. The zero-order valence-corrected chi connectivity index (χ0v) is 15.5. The van der Waals surface area contributed by atoms with Gasteiger partial charge in [0.05, 0.1) is 5.54 Å². The van der Waals surface area contributed by atoms with E-state index in [1.807, 2.05) is 0 Å². The van der Waals surface area contributed by atoms with Crippen molar-refractivity contribution in [2.24, 2.45) is 0 Å². The van der Waals surface area contributed by atoms with Crippen LogP contribution in [0.2, 0.25) is 0 Å². The second-order valence-corrected chi connectivity index (χ2v) is 6.82. The lowest BCUT2D eigenvalue weighted by atomic mass is 9.77. The van der Waals surface area contributed by atoms with Crippen molar-refractivity contribution in [3.05, 3.63) is 70.8 Å². The molecule has 2 N–H and O–H groups in total. The van der Waals surface area contributed by atoms with E-state index in [9.17, 15) is 5.11 Å². The van der Waals surface area contributed by atoms with Crippen molar-refractivity contribution in [3.63, 3.8) is 0 Å². The highest BCUT2D eigenvalue weighted by Gasteiger charge is 2.32. The molecule has 0 aliphatic heterocycles. The van der Waals surface area contributed by atoms with Crippen molar-refractivity contribution in [1.82, 2.24) is 5.32 Å². The van der Waals surface area contributed by atoms with E-state index in [1.54, 1.807) is 0 Å². The first-order valence-electron chi connectivity index (χ1n) is 9.06. The zero-order valence-electron chi connectivity index (χ0n) is 15.5.